The first-order valence-electron chi connectivity index (χ1n) is 9.72. The number of aromatic nitrogens is 1. The summed E-state index contributed by atoms with van der Waals surface area (Å²) in [5.74, 6) is 1.92. The molecule has 3 rings (SSSR count). The fourth-order valence-corrected chi connectivity index (χ4v) is 4.58. The second-order valence-electron chi connectivity index (χ2n) is 8.46. The predicted molar refractivity (Wildman–Crippen MR) is 112 cm³/mol. The molecule has 0 radical (unpaired) electrons. The topological polar surface area (TPSA) is 52.8 Å². The summed E-state index contributed by atoms with van der Waals surface area (Å²) in [6, 6.07) is 5.48. The minimum atomic E-state index is -0.169. The molecule has 0 bridgehead atoms. The molecule has 0 atom stereocenters. The number of thiazole rings is 1. The maximum Gasteiger partial charge on any atom is 0.252 e. The molecule has 6 heteroatoms. The molecular formula is C22H30N2O3S. The molecule has 1 saturated carbocycles. The molecule has 1 aliphatic carbocycles. The highest BCUT2D eigenvalue weighted by Crippen LogP contribution is 2.33. The van der Waals surface area contributed by atoms with Gasteiger partial charge in [0.2, 0.25) is 0 Å². The summed E-state index contributed by atoms with van der Waals surface area (Å²) in [7, 11) is 3.22. The van der Waals surface area contributed by atoms with Gasteiger partial charge >= 0.3 is 0 Å². The first-order chi connectivity index (χ1) is 13.2. The number of hydrogen-bond donors (Lipinski definition) is 0. The first-order valence-corrected chi connectivity index (χ1v) is 10.5. The summed E-state index contributed by atoms with van der Waals surface area (Å²) < 4.78 is 12.9. The molecule has 0 saturated heterocycles. The zero-order chi connectivity index (χ0) is 20.5. The lowest BCUT2D eigenvalue weighted by atomic mass is 9.93. The highest BCUT2D eigenvalue weighted by Gasteiger charge is 2.27. The van der Waals surface area contributed by atoms with E-state index in [0.717, 1.165) is 16.9 Å². The van der Waals surface area contributed by atoms with Crippen LogP contribution >= 0.6 is 11.3 Å². The third-order valence-electron chi connectivity index (χ3n) is 5.03. The number of benzene rings is 1. The van der Waals surface area contributed by atoms with Crippen molar-refractivity contribution in [3.63, 3.8) is 0 Å². The van der Waals surface area contributed by atoms with Crippen LogP contribution in [0.5, 0.6) is 11.5 Å². The summed E-state index contributed by atoms with van der Waals surface area (Å²) in [6.07, 6.45) is 2.72. The summed E-state index contributed by atoms with van der Waals surface area (Å²) in [5.41, 5.74) is 2.05. The summed E-state index contributed by atoms with van der Waals surface area (Å²) in [6.45, 7) is 9.72. The zero-order valence-electron chi connectivity index (χ0n) is 17.7. The number of methoxy groups -OCH3 is 2. The van der Waals surface area contributed by atoms with Crippen molar-refractivity contribution < 1.29 is 14.3 Å². The summed E-state index contributed by atoms with van der Waals surface area (Å²) >= 11 is 1.64. The van der Waals surface area contributed by atoms with Crippen LogP contribution in [0.1, 0.15) is 49.7 Å². The van der Waals surface area contributed by atoms with E-state index in [4.69, 9.17) is 9.47 Å². The SMILES string of the molecule is COc1ccc(OC)c(CC(=O)N=c2sc(C(C)(C)C)c(C)n2CC2CC2)c1. The van der Waals surface area contributed by atoms with Crippen molar-refractivity contribution >= 4 is 17.2 Å². The fourth-order valence-electron chi connectivity index (χ4n) is 3.37. The van der Waals surface area contributed by atoms with Gasteiger partial charge in [0.25, 0.3) is 5.91 Å². The molecule has 0 aliphatic heterocycles. The first kappa shape index (κ1) is 20.6. The van der Waals surface area contributed by atoms with Crippen LogP contribution in [0.25, 0.3) is 0 Å². The van der Waals surface area contributed by atoms with Crippen LogP contribution < -0.4 is 14.3 Å². The van der Waals surface area contributed by atoms with E-state index in [9.17, 15) is 4.79 Å². The molecule has 0 unspecified atom stereocenters. The molecule has 1 aromatic carbocycles. The standard InChI is InChI=1S/C22H30N2O3S/c1-14-20(22(2,3)4)28-21(24(14)13-15-7-8-15)23-19(25)12-16-11-17(26-5)9-10-18(16)27-6/h9-11,15H,7-8,12-13H2,1-6H3. The Kier molecular flexibility index (Phi) is 5.98. The van der Waals surface area contributed by atoms with Gasteiger partial charge in [-0.2, -0.15) is 4.99 Å². The Bertz CT molecular complexity index is 930. The molecule has 5 nitrogen and oxygen atoms in total. The van der Waals surface area contributed by atoms with Crippen molar-refractivity contribution in [3.8, 4) is 11.5 Å². The van der Waals surface area contributed by atoms with Crippen LogP contribution in [0.4, 0.5) is 0 Å². The Morgan fingerprint density at radius 3 is 2.54 bits per heavy atom. The average molecular weight is 403 g/mol. The van der Waals surface area contributed by atoms with E-state index in [-0.39, 0.29) is 17.7 Å². The van der Waals surface area contributed by atoms with Crippen LogP contribution in [-0.4, -0.2) is 24.7 Å². The van der Waals surface area contributed by atoms with E-state index in [1.807, 2.05) is 18.2 Å². The molecule has 0 spiro atoms. The lowest BCUT2D eigenvalue weighted by Gasteiger charge is -2.17. The maximum atomic E-state index is 12.8. The molecule has 2 aromatic rings. The average Bonchev–Trinajstić information content (AvgIpc) is 3.40. The van der Waals surface area contributed by atoms with Gasteiger partial charge in [-0.15, -0.1) is 11.3 Å². The number of carbonyl (C=O) groups excluding carboxylic acids is 1. The van der Waals surface area contributed by atoms with Crippen LogP contribution in [-0.2, 0) is 23.2 Å². The van der Waals surface area contributed by atoms with Crippen molar-refractivity contribution in [1.29, 1.82) is 0 Å². The second kappa shape index (κ2) is 8.11. The highest BCUT2D eigenvalue weighted by atomic mass is 32.1. The largest absolute Gasteiger partial charge is 0.497 e. The van der Waals surface area contributed by atoms with E-state index in [1.165, 1.54) is 23.4 Å². The van der Waals surface area contributed by atoms with E-state index >= 15 is 0 Å². The lowest BCUT2D eigenvalue weighted by molar-refractivity contribution is -0.117. The minimum absolute atomic E-state index is 0.0346. The van der Waals surface area contributed by atoms with E-state index in [1.54, 1.807) is 25.6 Å². The van der Waals surface area contributed by atoms with Crippen LogP contribution in [0.15, 0.2) is 23.2 Å². The van der Waals surface area contributed by atoms with E-state index in [0.29, 0.717) is 17.4 Å². The zero-order valence-corrected chi connectivity index (χ0v) is 18.5. The second-order valence-corrected chi connectivity index (χ2v) is 9.44. The molecule has 1 amide bonds. The Labute approximate surface area is 171 Å². The minimum Gasteiger partial charge on any atom is -0.497 e. The summed E-state index contributed by atoms with van der Waals surface area (Å²) in [4.78, 5) is 19.4. The molecule has 152 valence electrons. The van der Waals surface area contributed by atoms with Crippen molar-refractivity contribution in [2.45, 2.75) is 58.9 Å². The number of nitrogens with zero attached hydrogens (tertiary/aromatic N) is 2. The predicted octanol–water partition coefficient (Wildman–Crippen LogP) is 4.25. The molecule has 0 N–H and O–H groups in total. The molecule has 1 aliphatic rings. The van der Waals surface area contributed by atoms with Gasteiger partial charge in [-0.1, -0.05) is 20.8 Å². The molecule has 28 heavy (non-hydrogen) atoms. The molecular weight excluding hydrogens is 372 g/mol. The van der Waals surface area contributed by atoms with Crippen LogP contribution in [0, 0.1) is 12.8 Å². The number of ether oxygens (including phenoxy) is 2. The Morgan fingerprint density at radius 1 is 1.25 bits per heavy atom. The van der Waals surface area contributed by atoms with Crippen LogP contribution in [0.2, 0.25) is 0 Å². The van der Waals surface area contributed by atoms with E-state index < -0.39 is 0 Å². The number of rotatable bonds is 6. The molecule has 1 aromatic heterocycles. The van der Waals surface area contributed by atoms with Gasteiger partial charge in [-0.05, 0) is 49.3 Å². The quantitative estimate of drug-likeness (QED) is 0.726. The third kappa shape index (κ3) is 4.66. The number of carbonyl (C=O) groups is 1. The van der Waals surface area contributed by atoms with Gasteiger partial charge in [0.05, 0.1) is 20.6 Å². The maximum absolute atomic E-state index is 12.8. The Balaban J connectivity index is 1.95. The van der Waals surface area contributed by atoms with Crippen molar-refractivity contribution in [3.05, 3.63) is 39.1 Å². The summed E-state index contributed by atoms with van der Waals surface area (Å²) in [5, 5.41) is 0. The van der Waals surface area contributed by atoms with Crippen molar-refractivity contribution in [1.82, 2.24) is 4.57 Å². The third-order valence-corrected chi connectivity index (χ3v) is 6.63. The van der Waals surface area contributed by atoms with Gasteiger partial charge in [0, 0.05) is 22.7 Å². The van der Waals surface area contributed by atoms with Gasteiger partial charge in [-0.3, -0.25) is 4.79 Å². The number of hydrogen-bond acceptors (Lipinski definition) is 4. The molecule has 1 heterocycles. The monoisotopic (exact) mass is 402 g/mol. The van der Waals surface area contributed by atoms with Gasteiger partial charge < -0.3 is 14.0 Å². The van der Waals surface area contributed by atoms with Crippen LogP contribution in [0.3, 0.4) is 0 Å². The normalized spacial score (nSPS) is 15.0. The van der Waals surface area contributed by atoms with Gasteiger partial charge in [-0.25, -0.2) is 0 Å². The fraction of sp³-hybridized carbons (Fsp3) is 0.545. The number of amides is 1. The van der Waals surface area contributed by atoms with E-state index in [2.05, 4.69) is 37.3 Å². The Hall–Kier alpha value is -2.08. The van der Waals surface area contributed by atoms with Crippen molar-refractivity contribution in [2.24, 2.45) is 10.9 Å². The Morgan fingerprint density at radius 2 is 1.96 bits per heavy atom. The lowest BCUT2D eigenvalue weighted by Crippen LogP contribution is -2.20. The highest BCUT2D eigenvalue weighted by molar-refractivity contribution is 7.09. The molecule has 1 fully saturated rings. The van der Waals surface area contributed by atoms with Gasteiger partial charge in [0.1, 0.15) is 11.5 Å². The van der Waals surface area contributed by atoms with Crippen molar-refractivity contribution in [2.75, 3.05) is 14.2 Å². The van der Waals surface area contributed by atoms with Gasteiger partial charge in [0.15, 0.2) is 4.80 Å². The smallest absolute Gasteiger partial charge is 0.252 e.